The lowest BCUT2D eigenvalue weighted by Crippen LogP contribution is -2.04. The second kappa shape index (κ2) is 6.57. The van der Waals surface area contributed by atoms with Gasteiger partial charge in [-0.05, 0) is 43.2 Å². The number of halogens is 1. The molecule has 0 aliphatic carbocycles. The quantitative estimate of drug-likeness (QED) is 0.736. The lowest BCUT2D eigenvalue weighted by molar-refractivity contribution is 0.394. The molecular weight excluding hydrogens is 350 g/mol. The number of hydrogen-bond donors (Lipinski definition) is 1. The smallest absolute Gasteiger partial charge is 0.133 e. The Morgan fingerprint density at radius 1 is 1.08 bits per heavy atom. The molecule has 0 bridgehead atoms. The number of methoxy groups -OCH3 is 2. The summed E-state index contributed by atoms with van der Waals surface area (Å²) in [5, 5.41) is 9.05. The number of aromatic nitrogens is 2. The van der Waals surface area contributed by atoms with Crippen LogP contribution >= 0.6 is 11.6 Å². The molecule has 0 spiro atoms. The van der Waals surface area contributed by atoms with Gasteiger partial charge < -0.3 is 14.8 Å². The lowest BCUT2D eigenvalue weighted by Gasteiger charge is -2.09. The van der Waals surface area contributed by atoms with Crippen molar-refractivity contribution in [3.05, 3.63) is 52.5 Å². The standard InChI is InChI=1S/C20H20ClN3O2/c1-12-4-5-14(10-18(12)21)24-20-17(6-7-22-20)19(23-24)13-8-15(25-2)11-16(9-13)26-3/h4-5,8-11,22H,6-7H2,1-3H3. The highest BCUT2D eigenvalue weighted by molar-refractivity contribution is 6.31. The van der Waals surface area contributed by atoms with E-state index in [-0.39, 0.29) is 0 Å². The molecule has 1 aliphatic heterocycles. The second-order valence-corrected chi connectivity index (χ2v) is 6.71. The molecule has 0 atom stereocenters. The fourth-order valence-electron chi connectivity index (χ4n) is 3.25. The van der Waals surface area contributed by atoms with Crippen LogP contribution in [0.2, 0.25) is 5.02 Å². The Morgan fingerprint density at radius 3 is 2.46 bits per heavy atom. The zero-order valence-electron chi connectivity index (χ0n) is 15.0. The first kappa shape index (κ1) is 16.8. The molecule has 1 N–H and O–H groups in total. The van der Waals surface area contributed by atoms with Gasteiger partial charge in [0.05, 0.1) is 25.6 Å². The first-order chi connectivity index (χ1) is 12.6. The molecule has 5 nitrogen and oxygen atoms in total. The molecule has 134 valence electrons. The Bertz CT molecular complexity index is 959. The summed E-state index contributed by atoms with van der Waals surface area (Å²) in [7, 11) is 3.30. The molecule has 1 aromatic heterocycles. The molecule has 0 unspecified atom stereocenters. The molecule has 4 rings (SSSR count). The number of nitrogens with zero attached hydrogens (tertiary/aromatic N) is 2. The van der Waals surface area contributed by atoms with Gasteiger partial charge in [-0.25, -0.2) is 4.68 Å². The summed E-state index contributed by atoms with van der Waals surface area (Å²) < 4.78 is 12.7. The number of nitrogens with one attached hydrogen (secondary N) is 1. The van der Waals surface area contributed by atoms with Crippen molar-refractivity contribution in [3.63, 3.8) is 0 Å². The largest absolute Gasteiger partial charge is 0.497 e. The predicted molar refractivity (Wildman–Crippen MR) is 104 cm³/mol. The fourth-order valence-corrected chi connectivity index (χ4v) is 3.43. The number of benzene rings is 2. The van der Waals surface area contributed by atoms with E-state index in [1.165, 1.54) is 5.56 Å². The lowest BCUT2D eigenvalue weighted by atomic mass is 10.1. The SMILES string of the molecule is COc1cc(OC)cc(-c2nn(-c3ccc(C)c(Cl)c3)c3c2CCN3)c1. The van der Waals surface area contributed by atoms with Crippen LogP contribution in [0.5, 0.6) is 11.5 Å². The summed E-state index contributed by atoms with van der Waals surface area (Å²) in [6.45, 7) is 2.88. The highest BCUT2D eigenvalue weighted by atomic mass is 35.5. The maximum Gasteiger partial charge on any atom is 0.133 e. The minimum absolute atomic E-state index is 0.731. The number of ether oxygens (including phenoxy) is 2. The van der Waals surface area contributed by atoms with Crippen molar-refractivity contribution in [2.24, 2.45) is 0 Å². The maximum atomic E-state index is 6.32. The minimum atomic E-state index is 0.731. The first-order valence-electron chi connectivity index (χ1n) is 8.46. The van der Waals surface area contributed by atoms with Crippen LogP contribution in [0.25, 0.3) is 16.9 Å². The van der Waals surface area contributed by atoms with E-state index in [1.807, 2.05) is 48.0 Å². The van der Waals surface area contributed by atoms with Gasteiger partial charge in [0.15, 0.2) is 0 Å². The Hall–Kier alpha value is -2.66. The van der Waals surface area contributed by atoms with Crippen LogP contribution in [0.1, 0.15) is 11.1 Å². The Kier molecular flexibility index (Phi) is 4.24. The molecule has 0 radical (unpaired) electrons. The third-order valence-electron chi connectivity index (χ3n) is 4.68. The summed E-state index contributed by atoms with van der Waals surface area (Å²) in [5.74, 6) is 2.50. The molecule has 0 saturated carbocycles. The summed E-state index contributed by atoms with van der Waals surface area (Å²) in [6, 6.07) is 11.8. The van der Waals surface area contributed by atoms with E-state index < -0.39 is 0 Å². The van der Waals surface area contributed by atoms with Crippen molar-refractivity contribution in [1.82, 2.24) is 9.78 Å². The molecule has 0 amide bonds. The second-order valence-electron chi connectivity index (χ2n) is 6.30. The molecule has 0 saturated heterocycles. The topological polar surface area (TPSA) is 48.3 Å². The van der Waals surface area contributed by atoms with Crippen LogP contribution in [0, 0.1) is 6.92 Å². The fraction of sp³-hybridized carbons (Fsp3) is 0.250. The molecule has 2 aromatic carbocycles. The van der Waals surface area contributed by atoms with Crippen molar-refractivity contribution in [2.75, 3.05) is 26.1 Å². The van der Waals surface area contributed by atoms with Gasteiger partial charge in [0.25, 0.3) is 0 Å². The molecule has 6 heteroatoms. The van der Waals surface area contributed by atoms with Gasteiger partial charge >= 0.3 is 0 Å². The average Bonchev–Trinajstić information content (AvgIpc) is 3.26. The summed E-state index contributed by atoms with van der Waals surface area (Å²) in [6.07, 6.45) is 0.920. The van der Waals surface area contributed by atoms with Crippen molar-refractivity contribution in [1.29, 1.82) is 0 Å². The Labute approximate surface area is 157 Å². The molecule has 1 aliphatic rings. The average molecular weight is 370 g/mol. The van der Waals surface area contributed by atoms with E-state index in [0.29, 0.717) is 0 Å². The molecule has 0 fully saturated rings. The highest BCUT2D eigenvalue weighted by Gasteiger charge is 2.24. The van der Waals surface area contributed by atoms with Crippen LogP contribution in [0.15, 0.2) is 36.4 Å². The van der Waals surface area contributed by atoms with E-state index in [1.54, 1.807) is 14.2 Å². The van der Waals surface area contributed by atoms with Crippen LogP contribution in [-0.2, 0) is 6.42 Å². The normalized spacial score (nSPS) is 12.6. The van der Waals surface area contributed by atoms with E-state index >= 15 is 0 Å². The van der Waals surface area contributed by atoms with Gasteiger partial charge in [0, 0.05) is 28.8 Å². The number of aryl methyl sites for hydroxylation is 1. The van der Waals surface area contributed by atoms with E-state index in [0.717, 1.165) is 57.8 Å². The molecule has 26 heavy (non-hydrogen) atoms. The molecular formula is C20H20ClN3O2. The van der Waals surface area contributed by atoms with Gasteiger partial charge in [0.1, 0.15) is 17.3 Å². The van der Waals surface area contributed by atoms with Crippen molar-refractivity contribution < 1.29 is 9.47 Å². The third kappa shape index (κ3) is 2.78. The van der Waals surface area contributed by atoms with Gasteiger partial charge in [-0.2, -0.15) is 5.10 Å². The maximum absolute atomic E-state index is 6.32. The van der Waals surface area contributed by atoms with Gasteiger partial charge in [-0.3, -0.25) is 0 Å². The van der Waals surface area contributed by atoms with Crippen LogP contribution in [0.3, 0.4) is 0 Å². The van der Waals surface area contributed by atoms with Gasteiger partial charge in [0.2, 0.25) is 0 Å². The van der Waals surface area contributed by atoms with Crippen molar-refractivity contribution in [3.8, 4) is 28.4 Å². The predicted octanol–water partition coefficient (Wildman–Crippen LogP) is 4.49. The summed E-state index contributed by atoms with van der Waals surface area (Å²) >= 11 is 6.32. The summed E-state index contributed by atoms with van der Waals surface area (Å²) in [4.78, 5) is 0. The highest BCUT2D eigenvalue weighted by Crippen LogP contribution is 2.37. The van der Waals surface area contributed by atoms with Crippen LogP contribution in [-0.4, -0.2) is 30.5 Å². The van der Waals surface area contributed by atoms with Crippen LogP contribution in [0.4, 0.5) is 5.82 Å². The van der Waals surface area contributed by atoms with E-state index in [9.17, 15) is 0 Å². The van der Waals surface area contributed by atoms with Crippen LogP contribution < -0.4 is 14.8 Å². The van der Waals surface area contributed by atoms with Gasteiger partial charge in [-0.15, -0.1) is 0 Å². The zero-order valence-corrected chi connectivity index (χ0v) is 15.7. The third-order valence-corrected chi connectivity index (χ3v) is 5.08. The van der Waals surface area contributed by atoms with E-state index in [4.69, 9.17) is 26.2 Å². The Balaban J connectivity index is 1.88. The number of rotatable bonds is 4. The van der Waals surface area contributed by atoms with Crippen molar-refractivity contribution in [2.45, 2.75) is 13.3 Å². The molecule has 2 heterocycles. The summed E-state index contributed by atoms with van der Waals surface area (Å²) in [5.41, 5.74) is 5.08. The van der Waals surface area contributed by atoms with Gasteiger partial charge in [-0.1, -0.05) is 17.7 Å². The van der Waals surface area contributed by atoms with Crippen molar-refractivity contribution >= 4 is 17.4 Å². The number of anilines is 1. The number of fused-ring (bicyclic) bond motifs is 1. The Morgan fingerprint density at radius 2 is 1.81 bits per heavy atom. The zero-order chi connectivity index (χ0) is 18.3. The minimum Gasteiger partial charge on any atom is -0.497 e. The van der Waals surface area contributed by atoms with E-state index in [2.05, 4.69) is 5.32 Å². The molecule has 3 aromatic rings. The number of hydrogen-bond acceptors (Lipinski definition) is 4. The monoisotopic (exact) mass is 369 g/mol. The first-order valence-corrected chi connectivity index (χ1v) is 8.84.